The Balaban J connectivity index is 1.70. The van der Waals surface area contributed by atoms with Gasteiger partial charge in [0.05, 0.1) is 23.5 Å². The molecule has 0 bridgehead atoms. The van der Waals surface area contributed by atoms with Crippen LogP contribution in [0.25, 0.3) is 0 Å². The number of alkyl halides is 3. The summed E-state index contributed by atoms with van der Waals surface area (Å²) in [4.78, 5) is 39.8. The van der Waals surface area contributed by atoms with Gasteiger partial charge in [-0.2, -0.15) is 13.2 Å². The highest BCUT2D eigenvalue weighted by molar-refractivity contribution is 7.13. The Hall–Kier alpha value is -3.32. The third-order valence-electron chi connectivity index (χ3n) is 3.78. The van der Waals surface area contributed by atoms with Crippen molar-refractivity contribution in [1.29, 1.82) is 0 Å². The van der Waals surface area contributed by atoms with Gasteiger partial charge in [0.15, 0.2) is 0 Å². The average Bonchev–Trinajstić information content (AvgIpc) is 3.19. The summed E-state index contributed by atoms with van der Waals surface area (Å²) in [5.74, 6) is -2.79. The van der Waals surface area contributed by atoms with E-state index in [0.29, 0.717) is 17.3 Å². The second kappa shape index (κ2) is 8.81. The first kappa shape index (κ1) is 22.4. The molecule has 162 valence electrons. The highest BCUT2D eigenvalue weighted by atomic mass is 35.5. The molecule has 9 nitrogen and oxygen atoms in total. The Labute approximate surface area is 181 Å². The summed E-state index contributed by atoms with van der Waals surface area (Å²) < 4.78 is 38.6. The fourth-order valence-corrected chi connectivity index (χ4v) is 3.33. The molecule has 0 saturated heterocycles. The molecule has 2 amide bonds. The molecule has 1 unspecified atom stereocenters. The molecule has 1 atom stereocenters. The lowest BCUT2D eigenvalue weighted by atomic mass is 10.2. The Morgan fingerprint density at radius 2 is 1.90 bits per heavy atom. The van der Waals surface area contributed by atoms with E-state index in [-0.39, 0.29) is 15.6 Å². The minimum Gasteiger partial charge on any atom is -0.506 e. The Morgan fingerprint density at radius 1 is 1.16 bits per heavy atom. The number of amides is 2. The first-order chi connectivity index (χ1) is 14.6. The molecule has 0 aromatic carbocycles. The summed E-state index contributed by atoms with van der Waals surface area (Å²) in [6.45, 7) is 1.62. The van der Waals surface area contributed by atoms with E-state index in [2.05, 4.69) is 30.6 Å². The topological polar surface area (TPSA) is 130 Å². The van der Waals surface area contributed by atoms with Crippen molar-refractivity contribution in [2.24, 2.45) is 0 Å². The van der Waals surface area contributed by atoms with Crippen LogP contribution in [0.3, 0.4) is 0 Å². The zero-order chi connectivity index (χ0) is 22.8. The molecule has 31 heavy (non-hydrogen) atoms. The Kier molecular flexibility index (Phi) is 6.36. The summed E-state index contributed by atoms with van der Waals surface area (Å²) in [6.07, 6.45) is -0.585. The van der Waals surface area contributed by atoms with Crippen molar-refractivity contribution in [1.82, 2.24) is 25.3 Å². The van der Waals surface area contributed by atoms with Crippen LogP contribution in [-0.4, -0.2) is 36.9 Å². The fourth-order valence-electron chi connectivity index (χ4n) is 2.32. The van der Waals surface area contributed by atoms with Crippen LogP contribution < -0.4 is 10.6 Å². The molecule has 3 rings (SSSR count). The summed E-state index contributed by atoms with van der Waals surface area (Å²) in [7, 11) is 0. The van der Waals surface area contributed by atoms with Crippen LogP contribution in [0.5, 0.6) is 5.75 Å². The van der Waals surface area contributed by atoms with Crippen LogP contribution in [0.15, 0.2) is 31.0 Å². The molecule has 3 heterocycles. The number of nitrogens with zero attached hydrogens (tertiary/aromatic N) is 4. The van der Waals surface area contributed by atoms with Crippen LogP contribution >= 0.6 is 22.9 Å². The lowest BCUT2D eigenvalue weighted by Gasteiger charge is -2.11. The summed E-state index contributed by atoms with van der Waals surface area (Å²) in [5.41, 5.74) is -1.36. The zero-order valence-corrected chi connectivity index (χ0v) is 17.0. The highest BCUT2D eigenvalue weighted by Gasteiger charge is 2.34. The lowest BCUT2D eigenvalue weighted by Crippen LogP contribution is -2.27. The van der Waals surface area contributed by atoms with Gasteiger partial charge in [0.2, 0.25) is 0 Å². The van der Waals surface area contributed by atoms with Gasteiger partial charge in [-0.1, -0.05) is 11.6 Å². The minimum absolute atomic E-state index is 0.0306. The maximum Gasteiger partial charge on any atom is 0.420 e. The quantitative estimate of drug-likeness (QED) is 0.518. The zero-order valence-electron chi connectivity index (χ0n) is 15.4. The maximum absolute atomic E-state index is 12.9. The van der Waals surface area contributed by atoms with E-state index >= 15 is 0 Å². The number of aromatic hydroxyl groups is 1. The molecule has 0 radical (unpaired) electrons. The van der Waals surface area contributed by atoms with Gasteiger partial charge in [-0.05, 0) is 13.0 Å². The number of hydrogen-bond donors (Lipinski definition) is 3. The van der Waals surface area contributed by atoms with Crippen molar-refractivity contribution in [3.05, 3.63) is 57.1 Å². The molecule has 3 aromatic heterocycles. The van der Waals surface area contributed by atoms with Crippen molar-refractivity contribution in [2.75, 3.05) is 5.32 Å². The smallest absolute Gasteiger partial charge is 0.420 e. The largest absolute Gasteiger partial charge is 0.506 e. The number of nitrogens with one attached hydrogen (secondary N) is 2. The van der Waals surface area contributed by atoms with Gasteiger partial charge < -0.3 is 15.7 Å². The molecular formula is C17H12ClF3N6O3S. The molecular weight excluding hydrogens is 461 g/mol. The number of anilines is 1. The monoisotopic (exact) mass is 472 g/mol. The molecule has 3 N–H and O–H groups in total. The Bertz CT molecular complexity index is 1140. The number of aromatic nitrogens is 4. The van der Waals surface area contributed by atoms with Gasteiger partial charge in [0, 0.05) is 6.20 Å². The first-order valence-corrected chi connectivity index (χ1v) is 9.55. The van der Waals surface area contributed by atoms with Crippen LogP contribution in [-0.2, 0) is 6.18 Å². The van der Waals surface area contributed by atoms with E-state index in [1.807, 2.05) is 0 Å². The number of hydrogen-bond acceptors (Lipinski definition) is 8. The van der Waals surface area contributed by atoms with E-state index in [1.165, 1.54) is 18.7 Å². The normalized spacial score (nSPS) is 12.3. The SMILES string of the molecule is CC(NC(=O)c1ncncc1Cl)c1ncc(C(=O)Nc2cc(C(F)(F)F)c(O)cn2)s1. The predicted molar refractivity (Wildman–Crippen MR) is 104 cm³/mol. The molecule has 3 aromatic rings. The molecule has 0 spiro atoms. The van der Waals surface area contributed by atoms with Gasteiger partial charge in [-0.25, -0.2) is 19.9 Å². The van der Waals surface area contributed by atoms with Crippen LogP contribution in [0.4, 0.5) is 19.0 Å². The van der Waals surface area contributed by atoms with Crippen LogP contribution in [0.1, 0.15) is 43.7 Å². The molecule has 0 aliphatic rings. The minimum atomic E-state index is -4.82. The first-order valence-electron chi connectivity index (χ1n) is 8.36. The standard InChI is InChI=1S/C17H12ClF3N6O3S/c1-7(26-15(30)13-9(18)3-22-6-25-13)16-24-5-11(31-16)14(29)27-12-2-8(17(19,20)21)10(28)4-23-12/h2-7,28H,1H3,(H,26,30)(H,23,27,29). The predicted octanol–water partition coefficient (Wildman–Crippen LogP) is 3.45. The Morgan fingerprint density at radius 3 is 2.58 bits per heavy atom. The molecule has 0 fully saturated rings. The van der Waals surface area contributed by atoms with Crippen molar-refractivity contribution in [2.45, 2.75) is 19.1 Å². The van der Waals surface area contributed by atoms with Crippen molar-refractivity contribution < 1.29 is 27.9 Å². The van der Waals surface area contributed by atoms with E-state index in [9.17, 15) is 27.9 Å². The van der Waals surface area contributed by atoms with Crippen molar-refractivity contribution in [3.8, 4) is 5.75 Å². The summed E-state index contributed by atoms with van der Waals surface area (Å²) >= 11 is 6.80. The van der Waals surface area contributed by atoms with Gasteiger partial charge in [-0.3, -0.25) is 9.59 Å². The summed E-state index contributed by atoms with van der Waals surface area (Å²) in [5, 5.41) is 14.6. The number of thiazole rings is 1. The summed E-state index contributed by atoms with van der Waals surface area (Å²) in [6, 6.07) is -0.0996. The molecule has 0 saturated carbocycles. The van der Waals surface area contributed by atoms with Gasteiger partial charge >= 0.3 is 6.18 Å². The van der Waals surface area contributed by atoms with E-state index < -0.39 is 41.2 Å². The second-order valence-corrected chi connectivity index (χ2v) is 7.49. The van der Waals surface area contributed by atoms with E-state index in [1.54, 1.807) is 6.92 Å². The van der Waals surface area contributed by atoms with Gasteiger partial charge in [0.1, 0.15) is 39.0 Å². The number of rotatable bonds is 5. The third-order valence-corrected chi connectivity index (χ3v) is 5.23. The molecule has 0 aliphatic heterocycles. The van der Waals surface area contributed by atoms with Crippen molar-refractivity contribution in [3.63, 3.8) is 0 Å². The van der Waals surface area contributed by atoms with E-state index in [0.717, 1.165) is 11.3 Å². The highest BCUT2D eigenvalue weighted by Crippen LogP contribution is 2.36. The molecule has 14 heteroatoms. The lowest BCUT2D eigenvalue weighted by molar-refractivity contribution is -0.138. The maximum atomic E-state index is 12.9. The van der Waals surface area contributed by atoms with Gasteiger partial charge in [0.25, 0.3) is 11.8 Å². The number of halogens is 4. The third kappa shape index (κ3) is 5.24. The van der Waals surface area contributed by atoms with Gasteiger partial charge in [-0.15, -0.1) is 11.3 Å². The molecule has 0 aliphatic carbocycles. The van der Waals surface area contributed by atoms with Crippen molar-refractivity contribution >= 4 is 40.6 Å². The average molecular weight is 473 g/mol. The number of carbonyl (C=O) groups excluding carboxylic acids is 2. The van der Waals surface area contributed by atoms with Crippen LogP contribution in [0, 0.1) is 0 Å². The number of pyridine rings is 1. The fraction of sp³-hybridized carbons (Fsp3) is 0.176. The van der Waals surface area contributed by atoms with Crippen LogP contribution in [0.2, 0.25) is 5.02 Å². The van der Waals surface area contributed by atoms with E-state index in [4.69, 9.17) is 11.6 Å². The second-order valence-electron chi connectivity index (χ2n) is 6.02. The number of carbonyl (C=O) groups is 2.